The lowest BCUT2D eigenvalue weighted by Gasteiger charge is -2.45. The molecule has 2 fully saturated rings. The summed E-state index contributed by atoms with van der Waals surface area (Å²) in [6, 6.07) is 0. The van der Waals surface area contributed by atoms with Gasteiger partial charge in [0.1, 0.15) is 12.2 Å². The molecule has 256 valence electrons. The number of hydrogen-bond acceptors (Lipinski definition) is 5. The van der Waals surface area contributed by atoms with Crippen LogP contribution in [0.3, 0.4) is 0 Å². The average Bonchev–Trinajstić information content (AvgIpc) is 3.18. The molecule has 0 radical (unpaired) electrons. The predicted octanol–water partition coefficient (Wildman–Crippen LogP) is 10.5. The van der Waals surface area contributed by atoms with Gasteiger partial charge in [-0.1, -0.05) is 78.8 Å². The van der Waals surface area contributed by atoms with Gasteiger partial charge in [-0.25, -0.2) is 4.79 Å². The molecule has 0 aliphatic heterocycles. The maximum absolute atomic E-state index is 12.2. The molecule has 0 aromatic rings. The molecule has 0 bridgehead atoms. The van der Waals surface area contributed by atoms with Crippen molar-refractivity contribution in [2.24, 2.45) is 11.3 Å². The Labute approximate surface area is 278 Å². The molecule has 7 heteroatoms. The summed E-state index contributed by atoms with van der Waals surface area (Å²) in [6.45, 7) is 36.4. The number of fused-ring (bicyclic) bond motifs is 1. The van der Waals surface area contributed by atoms with Gasteiger partial charge in [0.15, 0.2) is 16.6 Å². The minimum atomic E-state index is -2.00. The molecule has 0 heterocycles. The van der Waals surface area contributed by atoms with Crippen LogP contribution in [0.5, 0.6) is 0 Å². The Bertz CT molecular complexity index is 1190. The number of esters is 1. The van der Waals surface area contributed by atoms with Gasteiger partial charge >= 0.3 is 5.97 Å². The summed E-state index contributed by atoms with van der Waals surface area (Å²) in [5, 5.41) is 0.280. The Kier molecular flexibility index (Phi) is 11.6. The molecule has 0 saturated heterocycles. The molecule has 4 atom stereocenters. The number of carbonyl (C=O) groups is 1. The van der Waals surface area contributed by atoms with Crippen LogP contribution in [-0.2, 0) is 23.1 Å². The fourth-order valence-corrected chi connectivity index (χ4v) is 9.18. The first kappa shape index (κ1) is 38.2. The third-order valence-corrected chi connectivity index (χ3v) is 20.4. The van der Waals surface area contributed by atoms with Crippen molar-refractivity contribution in [2.75, 3.05) is 13.2 Å². The Morgan fingerprint density at radius 3 is 2.16 bits per heavy atom. The van der Waals surface area contributed by atoms with Gasteiger partial charge in [-0.05, 0) is 117 Å². The summed E-state index contributed by atoms with van der Waals surface area (Å²) in [5.74, 6) is 0.150. The molecular formula is C38H66O5Si2. The van der Waals surface area contributed by atoms with Gasteiger partial charge in [-0.3, -0.25) is 0 Å². The maximum Gasteiger partial charge on any atom is 0.332 e. The second kappa shape index (κ2) is 13.7. The van der Waals surface area contributed by atoms with Crippen molar-refractivity contribution in [3.63, 3.8) is 0 Å². The molecule has 0 unspecified atom stereocenters. The van der Waals surface area contributed by atoms with E-state index in [1.807, 2.05) is 20.8 Å². The van der Waals surface area contributed by atoms with Crippen molar-refractivity contribution in [1.82, 2.24) is 0 Å². The second-order valence-corrected chi connectivity index (χ2v) is 27.6. The van der Waals surface area contributed by atoms with Crippen LogP contribution in [0.15, 0.2) is 47.1 Å². The fraction of sp³-hybridized carbons (Fsp3) is 0.763. The highest BCUT2D eigenvalue weighted by molar-refractivity contribution is 6.74. The van der Waals surface area contributed by atoms with Crippen LogP contribution >= 0.6 is 0 Å². The highest BCUT2D eigenvalue weighted by Crippen LogP contribution is 2.55. The van der Waals surface area contributed by atoms with Gasteiger partial charge in [-0.2, -0.15) is 0 Å². The van der Waals surface area contributed by atoms with E-state index >= 15 is 0 Å². The Morgan fingerprint density at radius 2 is 1.58 bits per heavy atom. The molecule has 3 aliphatic carbocycles. The normalized spacial score (nSPS) is 28.8. The first-order chi connectivity index (χ1) is 20.4. The van der Waals surface area contributed by atoms with Gasteiger partial charge < -0.3 is 18.3 Å². The van der Waals surface area contributed by atoms with E-state index in [9.17, 15) is 4.79 Å². The van der Waals surface area contributed by atoms with Gasteiger partial charge in [0.05, 0.1) is 18.8 Å². The van der Waals surface area contributed by atoms with Gasteiger partial charge in [0.25, 0.3) is 0 Å². The molecule has 5 nitrogen and oxygen atoms in total. The highest BCUT2D eigenvalue weighted by atomic mass is 28.4. The first-order valence-electron chi connectivity index (χ1n) is 17.3. The van der Waals surface area contributed by atoms with E-state index < -0.39 is 22.2 Å². The van der Waals surface area contributed by atoms with Crippen LogP contribution in [0, 0.1) is 11.3 Å². The summed E-state index contributed by atoms with van der Waals surface area (Å²) in [7, 11) is -3.96. The molecule has 3 rings (SSSR count). The number of allylic oxidation sites excluding steroid dienone is 4. The van der Waals surface area contributed by atoms with Crippen molar-refractivity contribution < 1.29 is 23.1 Å². The summed E-state index contributed by atoms with van der Waals surface area (Å²) < 4.78 is 25.4. The van der Waals surface area contributed by atoms with Gasteiger partial charge in [0, 0.05) is 6.42 Å². The first-order valence-corrected chi connectivity index (χ1v) is 23.1. The lowest BCUT2D eigenvalue weighted by molar-refractivity contribution is -0.160. The van der Waals surface area contributed by atoms with Gasteiger partial charge in [-0.15, -0.1) is 0 Å². The van der Waals surface area contributed by atoms with Crippen molar-refractivity contribution in [3.8, 4) is 0 Å². The van der Waals surface area contributed by atoms with Crippen molar-refractivity contribution in [3.05, 3.63) is 47.1 Å². The monoisotopic (exact) mass is 658 g/mol. The predicted molar refractivity (Wildman–Crippen MR) is 193 cm³/mol. The SMILES string of the molecule is C=C1C(=CC=C2CCC[C@]3(C)C(COCC(=O)OC(C)(C)C)=CC[C@@H]23)C[C@@H](O[Si](C)(C)C(C)(C)C)C[C@@H]1O[Si](C)(C)C(C)(C)C. The molecule has 0 N–H and O–H groups in total. The molecular weight excluding hydrogens is 593 g/mol. The van der Waals surface area contributed by atoms with Crippen LogP contribution in [0.2, 0.25) is 36.3 Å². The minimum absolute atomic E-state index is 0.0114. The smallest absolute Gasteiger partial charge is 0.332 e. The number of carbonyl (C=O) groups excluding carboxylic acids is 1. The largest absolute Gasteiger partial charge is 0.458 e. The summed E-state index contributed by atoms with van der Waals surface area (Å²) in [5.41, 5.74) is 4.80. The van der Waals surface area contributed by atoms with E-state index in [1.54, 1.807) is 0 Å². The molecule has 3 aliphatic rings. The van der Waals surface area contributed by atoms with E-state index in [1.165, 1.54) is 16.7 Å². The fourth-order valence-electron chi connectivity index (χ4n) is 6.51. The maximum atomic E-state index is 12.2. The summed E-state index contributed by atoms with van der Waals surface area (Å²) in [6.07, 6.45) is 13.4. The minimum Gasteiger partial charge on any atom is -0.458 e. The van der Waals surface area contributed by atoms with Crippen LogP contribution in [0.25, 0.3) is 0 Å². The molecule has 2 saturated carbocycles. The Hall–Kier alpha value is -1.26. The Morgan fingerprint density at radius 1 is 0.978 bits per heavy atom. The molecule has 0 spiro atoms. The van der Waals surface area contributed by atoms with Crippen molar-refractivity contribution in [2.45, 2.75) is 162 Å². The van der Waals surface area contributed by atoms with Crippen LogP contribution in [-0.4, -0.2) is 53.6 Å². The highest BCUT2D eigenvalue weighted by Gasteiger charge is 2.46. The zero-order valence-electron chi connectivity index (χ0n) is 31.4. The number of rotatable bonds is 9. The second-order valence-electron chi connectivity index (χ2n) is 18.1. The Balaban J connectivity index is 1.82. The number of ether oxygens (including phenoxy) is 2. The molecule has 0 aromatic carbocycles. The molecule has 0 amide bonds. The van der Waals surface area contributed by atoms with E-state index in [-0.39, 0.29) is 40.3 Å². The standard InChI is InChI=1S/C38H66O5Si2/c1-27-29(23-31(42-44(12,13)36(5,6)7)24-33(27)43-45(14,15)37(8,9)10)19-18-28-17-16-22-38(11)30(20-21-32(28)38)25-40-26-34(39)41-35(2,3)4/h18-20,31-33H,1,16-17,21-26H2,2-15H3/t31-,32+,33+,38-/m1/s1. The van der Waals surface area contributed by atoms with Crippen LogP contribution < -0.4 is 0 Å². The van der Waals surface area contributed by atoms with E-state index in [0.717, 1.165) is 44.1 Å². The zero-order chi connectivity index (χ0) is 34.2. The van der Waals surface area contributed by atoms with E-state index in [0.29, 0.717) is 12.5 Å². The average molecular weight is 659 g/mol. The van der Waals surface area contributed by atoms with Crippen molar-refractivity contribution in [1.29, 1.82) is 0 Å². The summed E-state index contributed by atoms with van der Waals surface area (Å²) >= 11 is 0. The lowest BCUT2D eigenvalue weighted by atomic mass is 9.64. The summed E-state index contributed by atoms with van der Waals surface area (Å²) in [4.78, 5) is 12.2. The van der Waals surface area contributed by atoms with E-state index in [2.05, 4.69) is 99.5 Å². The van der Waals surface area contributed by atoms with Crippen LogP contribution in [0.1, 0.15) is 108 Å². The molecule has 45 heavy (non-hydrogen) atoms. The number of hydrogen-bond donors (Lipinski definition) is 0. The molecule has 0 aromatic heterocycles. The lowest BCUT2D eigenvalue weighted by Crippen LogP contribution is -2.49. The third kappa shape index (κ3) is 9.43. The quantitative estimate of drug-likeness (QED) is 0.140. The third-order valence-electron chi connectivity index (χ3n) is 11.3. The van der Waals surface area contributed by atoms with Crippen LogP contribution in [0.4, 0.5) is 0 Å². The zero-order valence-corrected chi connectivity index (χ0v) is 33.4. The van der Waals surface area contributed by atoms with Crippen molar-refractivity contribution >= 4 is 22.6 Å². The van der Waals surface area contributed by atoms with Gasteiger partial charge in [0.2, 0.25) is 0 Å². The van der Waals surface area contributed by atoms with E-state index in [4.69, 9.17) is 18.3 Å². The topological polar surface area (TPSA) is 54.0 Å².